The summed E-state index contributed by atoms with van der Waals surface area (Å²) in [5, 5.41) is 0. The lowest BCUT2D eigenvalue weighted by molar-refractivity contribution is -0.128. The summed E-state index contributed by atoms with van der Waals surface area (Å²) in [6.45, 7) is 10.6. The average molecular weight is 267 g/mol. The minimum Gasteiger partial charge on any atom is -0.377 e. The van der Waals surface area contributed by atoms with E-state index in [1.165, 1.54) is 12.8 Å². The van der Waals surface area contributed by atoms with Gasteiger partial charge in [-0.15, -0.1) is 0 Å². The molecule has 2 atom stereocenters. The smallest absolute Gasteiger partial charge is 0.137 e. The molecule has 19 heavy (non-hydrogen) atoms. The van der Waals surface area contributed by atoms with Crippen LogP contribution in [0.3, 0.4) is 0 Å². The summed E-state index contributed by atoms with van der Waals surface area (Å²) in [6, 6.07) is 0. The third kappa shape index (κ3) is 4.28. The molecule has 1 aliphatic carbocycles. The molecule has 0 amide bonds. The Balaban J connectivity index is 1.87. The molecule has 1 saturated carbocycles. The molecule has 0 aromatic rings. The maximum Gasteiger partial charge on any atom is 0.137 e. The Morgan fingerprint density at radius 2 is 2.21 bits per heavy atom. The van der Waals surface area contributed by atoms with Gasteiger partial charge < -0.3 is 9.64 Å². The van der Waals surface area contributed by atoms with Crippen LogP contribution in [0.25, 0.3) is 0 Å². The molecule has 0 aromatic heterocycles. The second-order valence-corrected chi connectivity index (χ2v) is 7.01. The van der Waals surface area contributed by atoms with Crippen molar-refractivity contribution < 1.29 is 9.53 Å². The summed E-state index contributed by atoms with van der Waals surface area (Å²) in [5.41, 5.74) is 0.341. The highest BCUT2D eigenvalue weighted by Gasteiger charge is 2.35. The van der Waals surface area contributed by atoms with E-state index in [-0.39, 0.29) is 5.92 Å². The number of rotatable bonds is 4. The molecular weight excluding hydrogens is 238 g/mol. The SMILES string of the molecule is CCOC1CCCN(CC2CC(C)(C)CCC2=O)C1. The predicted molar refractivity (Wildman–Crippen MR) is 77.2 cm³/mol. The quantitative estimate of drug-likeness (QED) is 0.784. The minimum absolute atomic E-state index is 0.254. The highest BCUT2D eigenvalue weighted by Crippen LogP contribution is 2.37. The molecule has 3 heteroatoms. The Morgan fingerprint density at radius 1 is 1.42 bits per heavy atom. The Bertz CT molecular complexity index is 312. The number of carbonyl (C=O) groups excluding carboxylic acids is 1. The van der Waals surface area contributed by atoms with Gasteiger partial charge in [0.15, 0.2) is 0 Å². The number of hydrogen-bond donors (Lipinski definition) is 0. The summed E-state index contributed by atoms with van der Waals surface area (Å²) in [5.74, 6) is 0.738. The topological polar surface area (TPSA) is 29.5 Å². The van der Waals surface area contributed by atoms with Crippen molar-refractivity contribution in [2.24, 2.45) is 11.3 Å². The summed E-state index contributed by atoms with van der Waals surface area (Å²) < 4.78 is 5.74. The molecule has 3 nitrogen and oxygen atoms in total. The molecule has 0 spiro atoms. The van der Waals surface area contributed by atoms with Crippen LogP contribution >= 0.6 is 0 Å². The number of likely N-dealkylation sites (tertiary alicyclic amines) is 1. The van der Waals surface area contributed by atoms with Crippen LogP contribution in [0, 0.1) is 11.3 Å². The van der Waals surface area contributed by atoms with Crippen LogP contribution in [0.15, 0.2) is 0 Å². The first-order valence-electron chi connectivity index (χ1n) is 7.87. The number of carbonyl (C=O) groups is 1. The fourth-order valence-corrected chi connectivity index (χ4v) is 3.58. The molecule has 2 fully saturated rings. The van der Waals surface area contributed by atoms with E-state index in [1.807, 2.05) is 0 Å². The van der Waals surface area contributed by atoms with Gasteiger partial charge in [-0.3, -0.25) is 4.79 Å². The fourth-order valence-electron chi connectivity index (χ4n) is 3.58. The molecule has 1 aliphatic heterocycles. The normalized spacial score (nSPS) is 32.5. The molecule has 1 saturated heterocycles. The van der Waals surface area contributed by atoms with E-state index in [4.69, 9.17) is 4.74 Å². The van der Waals surface area contributed by atoms with Crippen molar-refractivity contribution in [2.75, 3.05) is 26.2 Å². The second-order valence-electron chi connectivity index (χ2n) is 7.01. The van der Waals surface area contributed by atoms with Crippen LogP contribution < -0.4 is 0 Å². The van der Waals surface area contributed by atoms with E-state index < -0.39 is 0 Å². The summed E-state index contributed by atoms with van der Waals surface area (Å²) >= 11 is 0. The minimum atomic E-state index is 0.254. The van der Waals surface area contributed by atoms with Crippen LogP contribution in [0.1, 0.15) is 52.9 Å². The fraction of sp³-hybridized carbons (Fsp3) is 0.938. The lowest BCUT2D eigenvalue weighted by Crippen LogP contribution is -2.45. The molecular formula is C16H29NO2. The largest absolute Gasteiger partial charge is 0.377 e. The number of piperidine rings is 1. The molecule has 0 N–H and O–H groups in total. The van der Waals surface area contributed by atoms with Gasteiger partial charge in [0.25, 0.3) is 0 Å². The van der Waals surface area contributed by atoms with E-state index in [9.17, 15) is 4.79 Å². The average Bonchev–Trinajstić information content (AvgIpc) is 2.35. The Kier molecular flexibility index (Phi) is 5.02. The molecule has 2 aliphatic rings. The maximum atomic E-state index is 12.1. The van der Waals surface area contributed by atoms with Crippen molar-refractivity contribution >= 4 is 5.78 Å². The van der Waals surface area contributed by atoms with E-state index in [1.54, 1.807) is 0 Å². The van der Waals surface area contributed by atoms with Gasteiger partial charge >= 0.3 is 0 Å². The van der Waals surface area contributed by atoms with Gasteiger partial charge in [0, 0.05) is 32.0 Å². The second kappa shape index (κ2) is 6.36. The molecule has 2 unspecified atom stereocenters. The molecule has 0 bridgehead atoms. The third-order valence-corrected chi connectivity index (χ3v) is 4.65. The Labute approximate surface area is 117 Å². The van der Waals surface area contributed by atoms with E-state index in [0.717, 1.165) is 45.5 Å². The lowest BCUT2D eigenvalue weighted by Gasteiger charge is -2.39. The zero-order valence-electron chi connectivity index (χ0n) is 12.8. The highest BCUT2D eigenvalue weighted by molar-refractivity contribution is 5.82. The van der Waals surface area contributed by atoms with Crippen LogP contribution in [0.4, 0.5) is 0 Å². The lowest BCUT2D eigenvalue weighted by atomic mass is 9.71. The Hall–Kier alpha value is -0.410. The van der Waals surface area contributed by atoms with E-state index >= 15 is 0 Å². The molecule has 0 radical (unpaired) electrons. The number of ketones is 1. The van der Waals surface area contributed by atoms with Crippen molar-refractivity contribution in [1.82, 2.24) is 4.90 Å². The molecule has 1 heterocycles. The van der Waals surface area contributed by atoms with E-state index in [0.29, 0.717) is 17.3 Å². The van der Waals surface area contributed by atoms with Gasteiger partial charge in [-0.05, 0) is 44.6 Å². The van der Waals surface area contributed by atoms with Gasteiger partial charge in [-0.25, -0.2) is 0 Å². The third-order valence-electron chi connectivity index (χ3n) is 4.65. The first-order valence-corrected chi connectivity index (χ1v) is 7.87. The van der Waals surface area contributed by atoms with Crippen molar-refractivity contribution in [1.29, 1.82) is 0 Å². The number of nitrogens with zero attached hydrogens (tertiary/aromatic N) is 1. The number of Topliss-reactive ketones (excluding diaryl/α,β-unsaturated/α-hetero) is 1. The summed E-state index contributed by atoms with van der Waals surface area (Å²) in [4.78, 5) is 14.6. The van der Waals surface area contributed by atoms with Crippen molar-refractivity contribution in [3.8, 4) is 0 Å². The standard InChI is InChI=1S/C16H29NO2/c1-4-19-14-6-5-9-17(12-14)11-13-10-16(2,3)8-7-15(13)18/h13-14H,4-12H2,1-3H3. The van der Waals surface area contributed by atoms with Gasteiger partial charge in [-0.2, -0.15) is 0 Å². The van der Waals surface area contributed by atoms with Crippen molar-refractivity contribution in [2.45, 2.75) is 59.0 Å². The highest BCUT2D eigenvalue weighted by atomic mass is 16.5. The molecule has 110 valence electrons. The Morgan fingerprint density at radius 3 is 2.95 bits per heavy atom. The van der Waals surface area contributed by atoms with Gasteiger partial charge in [0.1, 0.15) is 5.78 Å². The first kappa shape index (κ1) is 15.0. The van der Waals surface area contributed by atoms with Crippen molar-refractivity contribution in [3.05, 3.63) is 0 Å². The summed E-state index contributed by atoms with van der Waals surface area (Å²) in [6.07, 6.45) is 5.65. The van der Waals surface area contributed by atoms with Gasteiger partial charge in [0.2, 0.25) is 0 Å². The summed E-state index contributed by atoms with van der Waals surface area (Å²) in [7, 11) is 0. The van der Waals surface area contributed by atoms with Crippen LogP contribution in [-0.2, 0) is 9.53 Å². The van der Waals surface area contributed by atoms with E-state index in [2.05, 4.69) is 25.7 Å². The maximum absolute atomic E-state index is 12.1. The van der Waals surface area contributed by atoms with Gasteiger partial charge in [-0.1, -0.05) is 13.8 Å². The van der Waals surface area contributed by atoms with Crippen LogP contribution in [-0.4, -0.2) is 43.0 Å². The van der Waals surface area contributed by atoms with Crippen LogP contribution in [0.2, 0.25) is 0 Å². The van der Waals surface area contributed by atoms with Gasteiger partial charge in [0.05, 0.1) is 6.10 Å². The molecule has 0 aromatic carbocycles. The zero-order chi connectivity index (χ0) is 13.9. The zero-order valence-corrected chi connectivity index (χ0v) is 12.8. The number of hydrogen-bond acceptors (Lipinski definition) is 3. The van der Waals surface area contributed by atoms with Crippen molar-refractivity contribution in [3.63, 3.8) is 0 Å². The number of ether oxygens (including phenoxy) is 1. The first-order chi connectivity index (χ1) is 9.00. The monoisotopic (exact) mass is 267 g/mol. The predicted octanol–water partition coefficient (Wildman–Crippen LogP) is 2.88. The molecule has 2 rings (SSSR count). The van der Waals surface area contributed by atoms with Crippen LogP contribution in [0.5, 0.6) is 0 Å².